The van der Waals surface area contributed by atoms with Gasteiger partial charge in [0.25, 0.3) is 5.91 Å². The molecule has 0 bridgehead atoms. The molecule has 28 heavy (non-hydrogen) atoms. The van der Waals surface area contributed by atoms with Gasteiger partial charge in [0.1, 0.15) is 11.5 Å². The van der Waals surface area contributed by atoms with E-state index in [0.717, 1.165) is 6.26 Å². The number of hydrazone groups is 1. The highest BCUT2D eigenvalue weighted by atomic mass is 32.2. The third kappa shape index (κ3) is 6.38. The molecule has 0 spiro atoms. The lowest BCUT2D eigenvalue weighted by molar-refractivity contribution is -0.132. The molecule has 154 valence electrons. The number of nitrogens with one attached hydrogen (secondary N) is 1. The minimum Gasteiger partial charge on any atom is -0.351 e. The molecular formula is C18H25FN4O4S. The van der Waals surface area contributed by atoms with Crippen molar-refractivity contribution >= 4 is 27.5 Å². The number of rotatable bonds is 9. The zero-order chi connectivity index (χ0) is 20.7. The molecule has 1 aromatic rings. The van der Waals surface area contributed by atoms with Crippen LogP contribution < -0.4 is 5.32 Å². The van der Waals surface area contributed by atoms with Crippen LogP contribution in [0.5, 0.6) is 0 Å². The molecule has 0 aromatic heterocycles. The molecular weight excluding hydrogens is 387 g/mol. The van der Waals surface area contributed by atoms with Gasteiger partial charge in [0.05, 0.1) is 12.8 Å². The van der Waals surface area contributed by atoms with Crippen molar-refractivity contribution in [2.45, 2.75) is 32.7 Å². The molecule has 10 heteroatoms. The van der Waals surface area contributed by atoms with Crippen LogP contribution in [0.2, 0.25) is 0 Å². The molecule has 0 saturated carbocycles. The van der Waals surface area contributed by atoms with Crippen LogP contribution in [0.1, 0.15) is 31.7 Å². The summed E-state index contributed by atoms with van der Waals surface area (Å²) in [5, 5.41) is 8.07. The van der Waals surface area contributed by atoms with Gasteiger partial charge in [0.2, 0.25) is 15.9 Å². The quantitative estimate of drug-likeness (QED) is 0.614. The fraction of sp³-hybridized carbons (Fsp3) is 0.500. The Labute approximate surface area is 164 Å². The van der Waals surface area contributed by atoms with Crippen LogP contribution in [0, 0.1) is 5.82 Å². The number of sulfonamides is 1. The van der Waals surface area contributed by atoms with Gasteiger partial charge in [-0.15, -0.1) is 0 Å². The second kappa shape index (κ2) is 9.74. The molecule has 1 heterocycles. The highest BCUT2D eigenvalue weighted by Gasteiger charge is 2.24. The van der Waals surface area contributed by atoms with Crippen molar-refractivity contribution in [3.05, 3.63) is 35.6 Å². The topological polar surface area (TPSA) is 99.2 Å². The molecule has 8 nitrogen and oxygen atoms in total. The van der Waals surface area contributed by atoms with Gasteiger partial charge < -0.3 is 5.32 Å². The molecule has 2 rings (SSSR count). The van der Waals surface area contributed by atoms with Crippen molar-refractivity contribution in [2.75, 3.05) is 25.9 Å². The lowest BCUT2D eigenvalue weighted by atomic mass is 10.1. The van der Waals surface area contributed by atoms with Crippen molar-refractivity contribution in [2.24, 2.45) is 5.10 Å². The molecule has 1 aliphatic heterocycles. The van der Waals surface area contributed by atoms with Crippen LogP contribution in [-0.4, -0.2) is 61.1 Å². The summed E-state index contributed by atoms with van der Waals surface area (Å²) in [6.45, 7) is 2.91. The number of carbonyl (C=O) groups excluding carboxylic acids is 2. The number of carbonyl (C=O) groups is 2. The van der Waals surface area contributed by atoms with Gasteiger partial charge in [-0.05, 0) is 24.1 Å². The van der Waals surface area contributed by atoms with E-state index in [0.29, 0.717) is 31.6 Å². The first kappa shape index (κ1) is 22.0. The Morgan fingerprint density at radius 2 is 1.96 bits per heavy atom. The predicted octanol–water partition coefficient (Wildman–Crippen LogP) is 1.09. The number of hydrogen-bond acceptors (Lipinski definition) is 5. The van der Waals surface area contributed by atoms with Crippen molar-refractivity contribution < 1.29 is 22.4 Å². The fourth-order valence-corrected chi connectivity index (χ4v) is 3.70. The molecule has 1 N–H and O–H groups in total. The third-order valence-corrected chi connectivity index (χ3v) is 5.68. The average molecular weight is 412 g/mol. The number of nitrogens with zero attached hydrogens (tertiary/aromatic N) is 3. The van der Waals surface area contributed by atoms with Gasteiger partial charge in [-0.2, -0.15) is 5.10 Å². The van der Waals surface area contributed by atoms with Crippen molar-refractivity contribution in [1.82, 2.24) is 14.6 Å². The van der Waals surface area contributed by atoms with E-state index >= 15 is 0 Å². The Bertz CT molecular complexity index is 840. The maximum atomic E-state index is 13.0. The second-order valence-electron chi connectivity index (χ2n) is 6.49. The van der Waals surface area contributed by atoms with Gasteiger partial charge in [-0.3, -0.25) is 9.59 Å². The Hall–Kier alpha value is -2.33. The van der Waals surface area contributed by atoms with E-state index in [1.54, 1.807) is 19.1 Å². The van der Waals surface area contributed by atoms with E-state index in [2.05, 4.69) is 10.4 Å². The minimum absolute atomic E-state index is 0.162. The fourth-order valence-electron chi connectivity index (χ4n) is 2.77. The second-order valence-corrected chi connectivity index (χ2v) is 8.47. The summed E-state index contributed by atoms with van der Waals surface area (Å²) in [5.74, 6) is -0.943. The van der Waals surface area contributed by atoms with E-state index in [1.807, 2.05) is 0 Å². The summed E-state index contributed by atoms with van der Waals surface area (Å²) in [4.78, 5) is 24.3. The van der Waals surface area contributed by atoms with E-state index in [-0.39, 0.29) is 42.7 Å². The van der Waals surface area contributed by atoms with Crippen LogP contribution >= 0.6 is 0 Å². The van der Waals surface area contributed by atoms with E-state index in [4.69, 9.17) is 0 Å². The highest BCUT2D eigenvalue weighted by molar-refractivity contribution is 7.88. The van der Waals surface area contributed by atoms with E-state index < -0.39 is 10.0 Å². The average Bonchev–Trinajstić information content (AvgIpc) is 2.64. The Balaban J connectivity index is 1.89. The summed E-state index contributed by atoms with van der Waals surface area (Å²) in [7, 11) is -3.25. The molecule has 0 saturated heterocycles. The minimum atomic E-state index is -3.25. The van der Waals surface area contributed by atoms with E-state index in [1.165, 1.54) is 21.4 Å². The Morgan fingerprint density at radius 3 is 2.57 bits per heavy atom. The first-order valence-electron chi connectivity index (χ1n) is 9.06. The molecule has 0 atom stereocenters. The number of benzene rings is 1. The zero-order valence-corrected chi connectivity index (χ0v) is 16.8. The monoisotopic (exact) mass is 412 g/mol. The Morgan fingerprint density at radius 1 is 1.29 bits per heavy atom. The predicted molar refractivity (Wildman–Crippen MR) is 103 cm³/mol. The smallest absolute Gasteiger partial charge is 0.267 e. The standard InChI is InChI=1S/C18H25FN4O4S/c1-3-22(28(2,26)27)12-4-11-20-18(25)16-9-10-17(24)23(21-16)13-14-5-7-15(19)8-6-14/h5-8H,3-4,9-13H2,1-2H3,(H,20,25). The molecule has 0 radical (unpaired) electrons. The summed E-state index contributed by atoms with van der Waals surface area (Å²) < 4.78 is 37.4. The van der Waals surface area contributed by atoms with E-state index in [9.17, 15) is 22.4 Å². The molecule has 1 aromatic carbocycles. The summed E-state index contributed by atoms with van der Waals surface area (Å²) in [6, 6.07) is 5.73. The summed E-state index contributed by atoms with van der Waals surface area (Å²) in [5.41, 5.74) is 0.956. The first-order chi connectivity index (χ1) is 13.2. The first-order valence-corrected chi connectivity index (χ1v) is 10.9. The van der Waals surface area contributed by atoms with Gasteiger partial charge >= 0.3 is 0 Å². The SMILES string of the molecule is CCN(CCCNC(=O)C1=NN(Cc2ccc(F)cc2)C(=O)CC1)S(C)(=O)=O. The maximum Gasteiger partial charge on any atom is 0.267 e. The largest absolute Gasteiger partial charge is 0.351 e. The lowest BCUT2D eigenvalue weighted by Crippen LogP contribution is -2.40. The van der Waals surface area contributed by atoms with Crippen LogP contribution in [0.25, 0.3) is 0 Å². The number of hydrogen-bond donors (Lipinski definition) is 1. The molecule has 0 unspecified atom stereocenters. The number of amides is 2. The zero-order valence-electron chi connectivity index (χ0n) is 16.0. The van der Waals surface area contributed by atoms with Crippen molar-refractivity contribution in [3.63, 3.8) is 0 Å². The normalized spacial score (nSPS) is 14.9. The highest BCUT2D eigenvalue weighted by Crippen LogP contribution is 2.14. The van der Waals surface area contributed by atoms with Crippen molar-refractivity contribution in [3.8, 4) is 0 Å². The van der Waals surface area contributed by atoms with Crippen LogP contribution in [-0.2, 0) is 26.2 Å². The molecule has 1 aliphatic rings. The molecule has 0 fully saturated rings. The van der Waals surface area contributed by atoms with Gasteiger partial charge in [0.15, 0.2) is 0 Å². The Kier molecular flexibility index (Phi) is 7.64. The number of halogens is 1. The van der Waals surface area contributed by atoms with Crippen LogP contribution in [0.15, 0.2) is 29.4 Å². The molecule has 0 aliphatic carbocycles. The van der Waals surface area contributed by atoms with Gasteiger partial charge in [0, 0.05) is 32.5 Å². The lowest BCUT2D eigenvalue weighted by Gasteiger charge is -2.23. The molecule has 2 amide bonds. The van der Waals surface area contributed by atoms with Gasteiger partial charge in [-0.25, -0.2) is 22.1 Å². The van der Waals surface area contributed by atoms with Gasteiger partial charge in [-0.1, -0.05) is 19.1 Å². The maximum absolute atomic E-state index is 13.0. The summed E-state index contributed by atoms with van der Waals surface area (Å²) in [6.07, 6.45) is 2.04. The summed E-state index contributed by atoms with van der Waals surface area (Å²) >= 11 is 0. The van der Waals surface area contributed by atoms with Crippen LogP contribution in [0.4, 0.5) is 4.39 Å². The third-order valence-electron chi connectivity index (χ3n) is 4.30. The van der Waals surface area contributed by atoms with Crippen molar-refractivity contribution in [1.29, 1.82) is 0 Å². The van der Waals surface area contributed by atoms with Crippen LogP contribution in [0.3, 0.4) is 0 Å².